The van der Waals surface area contributed by atoms with E-state index in [1.54, 1.807) is 37.3 Å². The Kier molecular flexibility index (Phi) is 5.10. The molecule has 0 unspecified atom stereocenters. The van der Waals surface area contributed by atoms with Gasteiger partial charge in [0, 0.05) is 21.7 Å². The van der Waals surface area contributed by atoms with Gasteiger partial charge in [-0.05, 0) is 55.5 Å². The highest BCUT2D eigenvalue weighted by Gasteiger charge is 2.18. The molecular formula is C21H14BrF2N3O2. The van der Waals surface area contributed by atoms with Crippen LogP contribution in [0.1, 0.15) is 17.4 Å². The van der Waals surface area contributed by atoms with Crippen LogP contribution in [0.2, 0.25) is 0 Å². The SMILES string of the molecule is CCOC(=O)c1cc(-c2ccc(F)cc2)n2nc(-c3ccc(Br)cc3F)cc2n1. The Hall–Kier alpha value is -3.13. The molecule has 0 amide bonds. The van der Waals surface area contributed by atoms with Gasteiger partial charge in [-0.1, -0.05) is 15.9 Å². The first-order valence-electron chi connectivity index (χ1n) is 8.75. The van der Waals surface area contributed by atoms with E-state index in [9.17, 15) is 13.6 Å². The summed E-state index contributed by atoms with van der Waals surface area (Å²) < 4.78 is 35.0. The Morgan fingerprint density at radius 2 is 1.86 bits per heavy atom. The molecule has 4 aromatic rings. The van der Waals surface area contributed by atoms with Crippen molar-refractivity contribution in [1.82, 2.24) is 14.6 Å². The lowest BCUT2D eigenvalue weighted by atomic mass is 10.1. The summed E-state index contributed by atoms with van der Waals surface area (Å²) in [5.74, 6) is -1.42. The van der Waals surface area contributed by atoms with E-state index in [2.05, 4.69) is 26.0 Å². The topological polar surface area (TPSA) is 56.5 Å². The van der Waals surface area contributed by atoms with Crippen LogP contribution in [-0.2, 0) is 4.74 Å². The normalized spacial score (nSPS) is 11.0. The quantitative estimate of drug-likeness (QED) is 0.391. The minimum Gasteiger partial charge on any atom is -0.461 e. The molecule has 2 aromatic carbocycles. The number of fused-ring (bicyclic) bond motifs is 1. The Labute approximate surface area is 173 Å². The summed E-state index contributed by atoms with van der Waals surface area (Å²) in [5.41, 5.74) is 2.19. The van der Waals surface area contributed by atoms with Gasteiger partial charge in [-0.15, -0.1) is 0 Å². The van der Waals surface area contributed by atoms with Crippen molar-refractivity contribution < 1.29 is 18.3 Å². The van der Waals surface area contributed by atoms with E-state index in [-0.39, 0.29) is 18.1 Å². The molecule has 0 radical (unpaired) electrons. The molecule has 8 heteroatoms. The predicted molar refractivity (Wildman–Crippen MR) is 107 cm³/mol. The van der Waals surface area contributed by atoms with E-state index in [0.29, 0.717) is 32.6 Å². The van der Waals surface area contributed by atoms with E-state index in [1.807, 2.05) is 0 Å². The molecule has 0 atom stereocenters. The number of ether oxygens (including phenoxy) is 1. The number of nitrogens with zero attached hydrogens (tertiary/aromatic N) is 3. The van der Waals surface area contributed by atoms with Crippen molar-refractivity contribution in [3.05, 3.63) is 76.4 Å². The zero-order chi connectivity index (χ0) is 20.5. The summed E-state index contributed by atoms with van der Waals surface area (Å²) in [6.45, 7) is 1.90. The lowest BCUT2D eigenvalue weighted by Gasteiger charge is -2.08. The first-order valence-corrected chi connectivity index (χ1v) is 9.55. The van der Waals surface area contributed by atoms with E-state index < -0.39 is 11.8 Å². The third kappa shape index (κ3) is 3.75. The second-order valence-corrected chi connectivity index (χ2v) is 7.09. The van der Waals surface area contributed by atoms with Gasteiger partial charge >= 0.3 is 5.97 Å². The van der Waals surface area contributed by atoms with Gasteiger partial charge in [-0.3, -0.25) is 0 Å². The van der Waals surface area contributed by atoms with E-state index >= 15 is 0 Å². The van der Waals surface area contributed by atoms with Gasteiger partial charge in [0.05, 0.1) is 18.0 Å². The van der Waals surface area contributed by atoms with E-state index in [0.717, 1.165) is 0 Å². The molecule has 2 heterocycles. The standard InChI is InChI=1S/C21H14BrF2N3O2/c1-2-29-21(28)18-10-19(12-3-6-14(23)7-4-12)27-20(25-18)11-17(26-27)15-8-5-13(22)9-16(15)24/h3-11H,2H2,1H3. The summed E-state index contributed by atoms with van der Waals surface area (Å²) in [7, 11) is 0. The number of carbonyl (C=O) groups excluding carboxylic acids is 1. The van der Waals surface area contributed by atoms with Crippen LogP contribution in [0, 0.1) is 11.6 Å². The summed E-state index contributed by atoms with van der Waals surface area (Å²) in [6, 6.07) is 13.5. The maximum absolute atomic E-state index is 14.4. The van der Waals surface area contributed by atoms with Gasteiger partial charge in [-0.25, -0.2) is 23.1 Å². The molecule has 146 valence electrons. The highest BCUT2D eigenvalue weighted by atomic mass is 79.9. The lowest BCUT2D eigenvalue weighted by molar-refractivity contribution is 0.0519. The molecule has 0 aliphatic carbocycles. The fourth-order valence-corrected chi connectivity index (χ4v) is 3.27. The van der Waals surface area contributed by atoms with Crippen molar-refractivity contribution in [2.24, 2.45) is 0 Å². The van der Waals surface area contributed by atoms with Crippen LogP contribution in [0.5, 0.6) is 0 Å². The van der Waals surface area contributed by atoms with Gasteiger partial charge in [0.15, 0.2) is 11.3 Å². The number of benzene rings is 2. The lowest BCUT2D eigenvalue weighted by Crippen LogP contribution is -2.09. The minimum atomic E-state index is -0.587. The summed E-state index contributed by atoms with van der Waals surface area (Å²) >= 11 is 3.23. The Balaban J connectivity index is 1.94. The van der Waals surface area contributed by atoms with Gasteiger partial charge in [0.25, 0.3) is 0 Å². The molecule has 0 aliphatic rings. The largest absolute Gasteiger partial charge is 0.461 e. The van der Waals surface area contributed by atoms with Gasteiger partial charge < -0.3 is 4.74 Å². The number of rotatable bonds is 4. The number of hydrogen-bond acceptors (Lipinski definition) is 4. The Bertz CT molecular complexity index is 1220. The number of carbonyl (C=O) groups is 1. The van der Waals surface area contributed by atoms with Gasteiger partial charge in [-0.2, -0.15) is 5.10 Å². The molecule has 0 bridgehead atoms. The van der Waals surface area contributed by atoms with Crippen molar-refractivity contribution in [3.63, 3.8) is 0 Å². The summed E-state index contributed by atoms with van der Waals surface area (Å²) in [5, 5.41) is 4.47. The predicted octanol–water partition coefficient (Wildman–Crippen LogP) is 5.28. The second kappa shape index (κ2) is 7.71. The smallest absolute Gasteiger partial charge is 0.357 e. The molecule has 5 nitrogen and oxygen atoms in total. The van der Waals surface area contributed by atoms with Gasteiger partial charge in [0.2, 0.25) is 0 Å². The highest BCUT2D eigenvalue weighted by Crippen LogP contribution is 2.28. The van der Waals surface area contributed by atoms with Crippen LogP contribution in [-0.4, -0.2) is 27.2 Å². The highest BCUT2D eigenvalue weighted by molar-refractivity contribution is 9.10. The number of halogens is 3. The number of hydrogen-bond donors (Lipinski definition) is 0. The molecule has 0 aliphatic heterocycles. The van der Waals surface area contributed by atoms with Crippen LogP contribution < -0.4 is 0 Å². The van der Waals surface area contributed by atoms with Crippen molar-refractivity contribution in [2.75, 3.05) is 6.61 Å². The Morgan fingerprint density at radius 1 is 1.10 bits per heavy atom. The average Bonchev–Trinajstić information content (AvgIpc) is 3.12. The molecule has 2 aromatic heterocycles. The molecular weight excluding hydrogens is 444 g/mol. The molecule has 29 heavy (non-hydrogen) atoms. The zero-order valence-corrected chi connectivity index (χ0v) is 16.8. The summed E-state index contributed by atoms with van der Waals surface area (Å²) in [4.78, 5) is 16.6. The minimum absolute atomic E-state index is 0.0846. The van der Waals surface area contributed by atoms with Crippen molar-refractivity contribution >= 4 is 27.5 Å². The zero-order valence-electron chi connectivity index (χ0n) is 15.2. The first-order chi connectivity index (χ1) is 14.0. The first kappa shape index (κ1) is 19.2. The van der Waals surface area contributed by atoms with E-state index in [1.165, 1.54) is 28.8 Å². The number of esters is 1. The van der Waals surface area contributed by atoms with Crippen LogP contribution >= 0.6 is 15.9 Å². The van der Waals surface area contributed by atoms with E-state index in [4.69, 9.17) is 4.74 Å². The van der Waals surface area contributed by atoms with Crippen LogP contribution in [0.4, 0.5) is 8.78 Å². The van der Waals surface area contributed by atoms with Crippen LogP contribution in [0.3, 0.4) is 0 Å². The monoisotopic (exact) mass is 457 g/mol. The maximum atomic E-state index is 14.4. The molecule has 0 saturated carbocycles. The van der Waals surface area contributed by atoms with Crippen LogP contribution in [0.25, 0.3) is 28.2 Å². The molecule has 4 rings (SSSR count). The molecule has 0 N–H and O–H groups in total. The molecule has 0 fully saturated rings. The number of aromatic nitrogens is 3. The van der Waals surface area contributed by atoms with Crippen molar-refractivity contribution in [3.8, 4) is 22.5 Å². The summed E-state index contributed by atoms with van der Waals surface area (Å²) in [6.07, 6.45) is 0. The third-order valence-electron chi connectivity index (χ3n) is 4.26. The fraction of sp³-hybridized carbons (Fsp3) is 0.0952. The second-order valence-electron chi connectivity index (χ2n) is 6.18. The van der Waals surface area contributed by atoms with Gasteiger partial charge in [0.1, 0.15) is 11.6 Å². The van der Waals surface area contributed by atoms with Crippen molar-refractivity contribution in [2.45, 2.75) is 6.92 Å². The van der Waals surface area contributed by atoms with Crippen LogP contribution in [0.15, 0.2) is 59.1 Å². The Morgan fingerprint density at radius 3 is 2.55 bits per heavy atom. The third-order valence-corrected chi connectivity index (χ3v) is 4.75. The molecule has 0 saturated heterocycles. The van der Waals surface area contributed by atoms with Crippen molar-refractivity contribution in [1.29, 1.82) is 0 Å². The molecule has 0 spiro atoms. The fourth-order valence-electron chi connectivity index (χ4n) is 2.94. The average molecular weight is 458 g/mol. The maximum Gasteiger partial charge on any atom is 0.357 e.